The fourth-order valence-electron chi connectivity index (χ4n) is 2.11. The molecule has 0 atom stereocenters. The van der Waals surface area contributed by atoms with Crippen LogP contribution < -0.4 is 4.90 Å². The summed E-state index contributed by atoms with van der Waals surface area (Å²) in [6, 6.07) is 9.80. The predicted molar refractivity (Wildman–Crippen MR) is 80.2 cm³/mol. The van der Waals surface area contributed by atoms with E-state index in [-0.39, 0.29) is 0 Å². The summed E-state index contributed by atoms with van der Waals surface area (Å²) in [6.07, 6.45) is 1.82. The first-order valence-electron chi connectivity index (χ1n) is 5.87. The number of thiocarbonyl (C=S) groups is 1. The SMILES string of the molecule is C=CCN1C(=S)N(c2ccccc2)C(=N)C1(C)C. The van der Waals surface area contributed by atoms with E-state index < -0.39 is 5.54 Å². The second-order valence-corrected chi connectivity index (χ2v) is 5.13. The Hall–Kier alpha value is -1.68. The average Bonchev–Trinajstić information content (AvgIpc) is 2.52. The van der Waals surface area contributed by atoms with Gasteiger partial charge in [0.2, 0.25) is 0 Å². The minimum atomic E-state index is -0.402. The van der Waals surface area contributed by atoms with E-state index in [1.807, 2.05) is 60.1 Å². The molecule has 3 nitrogen and oxygen atoms in total. The molecule has 0 aliphatic carbocycles. The highest BCUT2D eigenvalue weighted by Gasteiger charge is 2.45. The number of nitrogens with one attached hydrogen (secondary N) is 1. The van der Waals surface area contributed by atoms with Crippen molar-refractivity contribution in [3.05, 3.63) is 43.0 Å². The lowest BCUT2D eigenvalue weighted by Gasteiger charge is -2.29. The zero-order valence-corrected chi connectivity index (χ0v) is 11.5. The third kappa shape index (κ3) is 1.82. The lowest BCUT2D eigenvalue weighted by molar-refractivity contribution is 0.337. The molecule has 0 radical (unpaired) electrons. The van der Waals surface area contributed by atoms with E-state index in [9.17, 15) is 0 Å². The quantitative estimate of drug-likeness (QED) is 0.668. The Kier molecular flexibility index (Phi) is 3.22. The van der Waals surface area contributed by atoms with E-state index in [1.165, 1.54) is 0 Å². The molecule has 0 amide bonds. The van der Waals surface area contributed by atoms with Crippen molar-refractivity contribution in [1.29, 1.82) is 5.41 Å². The third-order valence-corrected chi connectivity index (χ3v) is 3.63. The molecule has 18 heavy (non-hydrogen) atoms. The first-order chi connectivity index (χ1) is 8.50. The summed E-state index contributed by atoms with van der Waals surface area (Å²) in [6.45, 7) is 8.42. The van der Waals surface area contributed by atoms with Gasteiger partial charge < -0.3 is 4.90 Å². The number of hydrogen-bond donors (Lipinski definition) is 1. The standard InChI is InChI=1S/C14H17N3S/c1-4-10-16-13(18)17(12(15)14(16,2)3)11-8-6-5-7-9-11/h4-9,15H,1,10H2,2-3H3. The number of amidine groups is 1. The lowest BCUT2D eigenvalue weighted by atomic mass is 10.0. The summed E-state index contributed by atoms with van der Waals surface area (Å²) in [5, 5.41) is 9.01. The Morgan fingerprint density at radius 1 is 1.33 bits per heavy atom. The average molecular weight is 259 g/mol. The molecule has 1 heterocycles. The van der Waals surface area contributed by atoms with Gasteiger partial charge in [0.05, 0.1) is 5.54 Å². The number of hydrogen-bond acceptors (Lipinski definition) is 2. The Labute approximate surface area is 113 Å². The van der Waals surface area contributed by atoms with E-state index in [1.54, 1.807) is 0 Å². The minimum absolute atomic E-state index is 0.402. The van der Waals surface area contributed by atoms with Crippen LogP contribution in [-0.4, -0.2) is 27.9 Å². The van der Waals surface area contributed by atoms with Crippen LogP contribution in [-0.2, 0) is 0 Å². The zero-order chi connectivity index (χ0) is 13.3. The number of para-hydroxylation sites is 1. The van der Waals surface area contributed by atoms with Crippen LogP contribution in [0.2, 0.25) is 0 Å². The number of benzene rings is 1. The van der Waals surface area contributed by atoms with Crippen molar-refractivity contribution in [2.45, 2.75) is 19.4 Å². The predicted octanol–water partition coefficient (Wildman–Crippen LogP) is 3.04. The van der Waals surface area contributed by atoms with E-state index in [0.29, 0.717) is 17.5 Å². The van der Waals surface area contributed by atoms with Crippen molar-refractivity contribution in [2.24, 2.45) is 0 Å². The van der Waals surface area contributed by atoms with Gasteiger partial charge in [-0.2, -0.15) is 0 Å². The van der Waals surface area contributed by atoms with Crippen molar-refractivity contribution >= 4 is 28.9 Å². The summed E-state index contributed by atoms with van der Waals surface area (Å²) in [5.41, 5.74) is 0.535. The van der Waals surface area contributed by atoms with Crippen LogP contribution in [0.3, 0.4) is 0 Å². The van der Waals surface area contributed by atoms with Crippen molar-refractivity contribution in [3.63, 3.8) is 0 Å². The van der Waals surface area contributed by atoms with Gasteiger partial charge in [0.15, 0.2) is 5.11 Å². The van der Waals surface area contributed by atoms with Crippen LogP contribution in [0, 0.1) is 5.41 Å². The summed E-state index contributed by atoms with van der Waals surface area (Å²) in [7, 11) is 0. The fourth-order valence-corrected chi connectivity index (χ4v) is 2.61. The summed E-state index contributed by atoms with van der Waals surface area (Å²) < 4.78 is 0. The van der Waals surface area contributed by atoms with Gasteiger partial charge in [-0.25, -0.2) is 0 Å². The highest BCUT2D eigenvalue weighted by molar-refractivity contribution is 7.80. The molecule has 1 fully saturated rings. The van der Waals surface area contributed by atoms with Gasteiger partial charge >= 0.3 is 0 Å². The molecule has 1 aromatic carbocycles. The van der Waals surface area contributed by atoms with Gasteiger partial charge in [-0.15, -0.1) is 6.58 Å². The van der Waals surface area contributed by atoms with Crippen molar-refractivity contribution < 1.29 is 0 Å². The Balaban J connectivity index is 2.43. The van der Waals surface area contributed by atoms with Crippen LogP contribution in [0.25, 0.3) is 0 Å². The molecule has 1 N–H and O–H groups in total. The number of rotatable bonds is 3. The fraction of sp³-hybridized carbons (Fsp3) is 0.286. The highest BCUT2D eigenvalue weighted by Crippen LogP contribution is 2.31. The van der Waals surface area contributed by atoms with Crippen LogP contribution in [0.1, 0.15) is 13.8 Å². The highest BCUT2D eigenvalue weighted by atomic mass is 32.1. The van der Waals surface area contributed by atoms with Crippen LogP contribution in [0.4, 0.5) is 5.69 Å². The summed E-state index contributed by atoms with van der Waals surface area (Å²) >= 11 is 5.50. The second-order valence-electron chi connectivity index (χ2n) is 4.76. The van der Waals surface area contributed by atoms with Gasteiger partial charge in [0.1, 0.15) is 5.84 Å². The minimum Gasteiger partial charge on any atom is -0.332 e. The second kappa shape index (κ2) is 4.53. The number of nitrogens with zero attached hydrogens (tertiary/aromatic N) is 2. The molecule has 1 saturated heterocycles. The van der Waals surface area contributed by atoms with E-state index in [0.717, 1.165) is 5.69 Å². The van der Waals surface area contributed by atoms with Gasteiger partial charge in [-0.3, -0.25) is 10.3 Å². The molecule has 0 aromatic heterocycles. The number of anilines is 1. The molecule has 1 aromatic rings. The molecule has 0 spiro atoms. The first kappa shape index (κ1) is 12.8. The molecule has 1 aliphatic rings. The molecule has 2 rings (SSSR count). The smallest absolute Gasteiger partial charge is 0.182 e. The van der Waals surface area contributed by atoms with Crippen molar-refractivity contribution in [1.82, 2.24) is 4.90 Å². The Morgan fingerprint density at radius 2 is 1.94 bits per heavy atom. The molecular weight excluding hydrogens is 242 g/mol. The normalized spacial score (nSPS) is 18.3. The van der Waals surface area contributed by atoms with E-state index in [2.05, 4.69) is 6.58 Å². The van der Waals surface area contributed by atoms with Crippen molar-refractivity contribution in [3.8, 4) is 0 Å². The zero-order valence-electron chi connectivity index (χ0n) is 10.7. The molecule has 1 aliphatic heterocycles. The molecule has 0 saturated carbocycles. The molecule has 0 unspecified atom stereocenters. The summed E-state index contributed by atoms with van der Waals surface area (Å²) in [5.74, 6) is 0.501. The van der Waals surface area contributed by atoms with Crippen LogP contribution >= 0.6 is 12.2 Å². The van der Waals surface area contributed by atoms with Crippen molar-refractivity contribution in [2.75, 3.05) is 11.4 Å². The molecule has 4 heteroatoms. The molecule has 94 valence electrons. The molecular formula is C14H17N3S. The Morgan fingerprint density at radius 3 is 2.50 bits per heavy atom. The first-order valence-corrected chi connectivity index (χ1v) is 6.27. The topological polar surface area (TPSA) is 30.3 Å². The van der Waals surface area contributed by atoms with E-state index in [4.69, 9.17) is 17.6 Å². The van der Waals surface area contributed by atoms with Gasteiger partial charge in [0.25, 0.3) is 0 Å². The van der Waals surface area contributed by atoms with Gasteiger partial charge in [-0.05, 0) is 38.2 Å². The largest absolute Gasteiger partial charge is 0.332 e. The maximum Gasteiger partial charge on any atom is 0.182 e. The summed E-state index contributed by atoms with van der Waals surface area (Å²) in [4.78, 5) is 3.84. The maximum atomic E-state index is 8.35. The Bertz CT molecular complexity index is 493. The third-order valence-electron chi connectivity index (χ3n) is 3.23. The van der Waals surface area contributed by atoms with Gasteiger partial charge in [0, 0.05) is 12.2 Å². The van der Waals surface area contributed by atoms with E-state index >= 15 is 0 Å². The molecule has 0 bridgehead atoms. The monoisotopic (exact) mass is 259 g/mol. The maximum absolute atomic E-state index is 8.35. The lowest BCUT2D eigenvalue weighted by Crippen LogP contribution is -2.43. The van der Waals surface area contributed by atoms with Crippen LogP contribution in [0.5, 0.6) is 0 Å². The van der Waals surface area contributed by atoms with Gasteiger partial charge in [-0.1, -0.05) is 24.3 Å². The van der Waals surface area contributed by atoms with Crippen LogP contribution in [0.15, 0.2) is 43.0 Å².